The zero-order valence-electron chi connectivity index (χ0n) is 13.2. The van der Waals surface area contributed by atoms with Gasteiger partial charge in [0.05, 0.1) is 11.4 Å². The molecule has 8 nitrogen and oxygen atoms in total. The van der Waals surface area contributed by atoms with Crippen LogP contribution in [0.4, 0.5) is 5.82 Å². The molecule has 3 aromatic rings. The van der Waals surface area contributed by atoms with Crippen molar-refractivity contribution >= 4 is 16.9 Å². The molecule has 0 saturated carbocycles. The molecule has 0 spiro atoms. The maximum absolute atomic E-state index is 5.30. The first-order chi connectivity index (χ1) is 11.2. The van der Waals surface area contributed by atoms with E-state index in [0.29, 0.717) is 11.7 Å². The van der Waals surface area contributed by atoms with Crippen molar-refractivity contribution in [1.29, 1.82) is 0 Å². The van der Waals surface area contributed by atoms with Gasteiger partial charge in [-0.25, -0.2) is 9.97 Å². The Kier molecular flexibility index (Phi) is 3.45. The molecule has 1 fully saturated rings. The molecule has 1 N–H and O–H groups in total. The Hall–Kier alpha value is -2.48. The molecule has 4 rings (SSSR count). The highest BCUT2D eigenvalue weighted by atomic mass is 16.5. The highest BCUT2D eigenvalue weighted by Gasteiger charge is 2.26. The molecule has 0 aliphatic carbocycles. The number of hydrogen-bond donors (Lipinski definition) is 1. The number of hydrogen-bond acceptors (Lipinski definition) is 7. The van der Waals surface area contributed by atoms with E-state index in [4.69, 9.17) is 4.52 Å². The van der Waals surface area contributed by atoms with Gasteiger partial charge < -0.3 is 14.4 Å². The predicted molar refractivity (Wildman–Crippen MR) is 85.1 cm³/mol. The van der Waals surface area contributed by atoms with Gasteiger partial charge in [-0.05, 0) is 19.9 Å². The normalized spacial score (nSPS) is 17.7. The number of nitrogens with zero attached hydrogens (tertiary/aromatic N) is 6. The predicted octanol–water partition coefficient (Wildman–Crippen LogP) is 1.53. The molecule has 0 amide bonds. The van der Waals surface area contributed by atoms with Gasteiger partial charge in [-0.2, -0.15) is 4.98 Å². The number of H-pyrrole nitrogens is 1. The summed E-state index contributed by atoms with van der Waals surface area (Å²) in [6.45, 7) is 7.63. The van der Waals surface area contributed by atoms with Gasteiger partial charge in [-0.3, -0.25) is 4.90 Å². The smallest absolute Gasteiger partial charge is 0.243 e. The van der Waals surface area contributed by atoms with Crippen molar-refractivity contribution in [1.82, 2.24) is 30.0 Å². The zero-order valence-corrected chi connectivity index (χ0v) is 13.2. The maximum Gasteiger partial charge on any atom is 0.243 e. The first-order valence-electron chi connectivity index (χ1n) is 7.79. The Morgan fingerprint density at radius 2 is 2.04 bits per heavy atom. The highest BCUT2D eigenvalue weighted by molar-refractivity contribution is 5.87. The topological polar surface area (TPSA) is 87.0 Å². The number of aromatic amines is 1. The lowest BCUT2D eigenvalue weighted by molar-refractivity contribution is 0.164. The number of anilines is 1. The lowest BCUT2D eigenvalue weighted by Gasteiger charge is -2.37. The summed E-state index contributed by atoms with van der Waals surface area (Å²) in [5.74, 6) is 2.37. The fourth-order valence-electron chi connectivity index (χ4n) is 3.07. The van der Waals surface area contributed by atoms with Crippen LogP contribution in [0.25, 0.3) is 11.0 Å². The molecule has 1 aliphatic rings. The summed E-state index contributed by atoms with van der Waals surface area (Å²) < 4.78 is 5.30. The second kappa shape index (κ2) is 5.62. The summed E-state index contributed by atoms with van der Waals surface area (Å²) in [6, 6.07) is 2.16. The molecule has 8 heteroatoms. The lowest BCUT2D eigenvalue weighted by Crippen LogP contribution is -2.47. The third-order valence-electron chi connectivity index (χ3n) is 4.40. The number of nitrogens with one attached hydrogen (secondary N) is 1. The van der Waals surface area contributed by atoms with Gasteiger partial charge in [0.1, 0.15) is 17.8 Å². The Morgan fingerprint density at radius 3 is 2.78 bits per heavy atom. The van der Waals surface area contributed by atoms with Crippen molar-refractivity contribution in [2.24, 2.45) is 0 Å². The number of aryl methyl sites for hydroxylation is 1. The van der Waals surface area contributed by atoms with Gasteiger partial charge in [0.15, 0.2) is 5.82 Å². The SMILES string of the molecule is Cc1noc([C@@H](C)N2CCN(c3ncnc4[nH]ccc34)CC2)n1. The Labute approximate surface area is 133 Å². The lowest BCUT2D eigenvalue weighted by atomic mass is 10.2. The zero-order chi connectivity index (χ0) is 15.8. The van der Waals surface area contributed by atoms with Gasteiger partial charge >= 0.3 is 0 Å². The maximum atomic E-state index is 5.30. The van der Waals surface area contributed by atoms with Gasteiger partial charge in [0.2, 0.25) is 5.89 Å². The van der Waals surface area contributed by atoms with E-state index in [2.05, 4.69) is 41.8 Å². The van der Waals surface area contributed by atoms with Crippen LogP contribution in [0.2, 0.25) is 0 Å². The fraction of sp³-hybridized carbons (Fsp3) is 0.467. The summed E-state index contributed by atoms with van der Waals surface area (Å²) in [7, 11) is 0. The van der Waals surface area contributed by atoms with Crippen molar-refractivity contribution in [2.45, 2.75) is 19.9 Å². The molecule has 0 aromatic carbocycles. The molecule has 1 aliphatic heterocycles. The molecule has 0 radical (unpaired) electrons. The molecule has 0 bridgehead atoms. The van der Waals surface area contributed by atoms with Crippen LogP contribution in [0, 0.1) is 6.92 Å². The third kappa shape index (κ3) is 2.55. The van der Waals surface area contributed by atoms with Crippen LogP contribution < -0.4 is 4.90 Å². The monoisotopic (exact) mass is 313 g/mol. The summed E-state index contributed by atoms with van der Waals surface area (Å²) in [6.07, 6.45) is 3.52. The number of fused-ring (bicyclic) bond motifs is 1. The molecule has 1 atom stereocenters. The molecule has 120 valence electrons. The summed E-state index contributed by atoms with van der Waals surface area (Å²) >= 11 is 0. The van der Waals surface area contributed by atoms with Crippen LogP contribution in [0.1, 0.15) is 24.7 Å². The van der Waals surface area contributed by atoms with Gasteiger partial charge in [0.25, 0.3) is 0 Å². The molecule has 4 heterocycles. The molecular formula is C15H19N7O. The Morgan fingerprint density at radius 1 is 1.22 bits per heavy atom. The summed E-state index contributed by atoms with van der Waals surface area (Å²) in [5.41, 5.74) is 0.882. The summed E-state index contributed by atoms with van der Waals surface area (Å²) in [5, 5.41) is 4.95. The van der Waals surface area contributed by atoms with E-state index in [1.807, 2.05) is 19.2 Å². The first kappa shape index (κ1) is 14.1. The van der Waals surface area contributed by atoms with Crippen molar-refractivity contribution in [3.63, 3.8) is 0 Å². The van der Waals surface area contributed by atoms with Gasteiger partial charge in [-0.15, -0.1) is 0 Å². The highest BCUT2D eigenvalue weighted by Crippen LogP contribution is 2.25. The van der Waals surface area contributed by atoms with Crippen molar-refractivity contribution in [3.05, 3.63) is 30.3 Å². The van der Waals surface area contributed by atoms with E-state index in [-0.39, 0.29) is 6.04 Å². The van der Waals surface area contributed by atoms with Gasteiger partial charge in [-0.1, -0.05) is 5.16 Å². The largest absolute Gasteiger partial charge is 0.353 e. The van der Waals surface area contributed by atoms with Crippen molar-refractivity contribution in [3.8, 4) is 0 Å². The van der Waals surface area contributed by atoms with Crippen molar-refractivity contribution in [2.75, 3.05) is 31.1 Å². The number of rotatable bonds is 3. The molecule has 0 unspecified atom stereocenters. The first-order valence-corrected chi connectivity index (χ1v) is 7.79. The van der Waals surface area contributed by atoms with Crippen molar-refractivity contribution < 1.29 is 4.52 Å². The van der Waals surface area contributed by atoms with Crippen LogP contribution in [0.15, 0.2) is 23.1 Å². The van der Waals surface area contributed by atoms with E-state index in [1.165, 1.54) is 0 Å². The number of aromatic nitrogens is 5. The van der Waals surface area contributed by atoms with E-state index >= 15 is 0 Å². The quantitative estimate of drug-likeness (QED) is 0.784. The standard InChI is InChI=1S/C15H19N7O/c1-10(15-19-11(2)20-23-15)21-5-7-22(8-6-21)14-12-3-4-16-13(12)17-9-18-14/h3-4,9-10H,5-8H2,1-2H3,(H,16,17,18)/t10-/m1/s1. The van der Waals surface area contributed by atoms with Crippen LogP contribution in [0.3, 0.4) is 0 Å². The minimum Gasteiger partial charge on any atom is -0.353 e. The van der Waals surface area contributed by atoms with E-state index < -0.39 is 0 Å². The third-order valence-corrected chi connectivity index (χ3v) is 4.40. The molecule has 23 heavy (non-hydrogen) atoms. The molecule has 1 saturated heterocycles. The molecule has 3 aromatic heterocycles. The minimum atomic E-state index is 0.135. The van der Waals surface area contributed by atoms with E-state index in [9.17, 15) is 0 Å². The summed E-state index contributed by atoms with van der Waals surface area (Å²) in [4.78, 5) is 20.9. The van der Waals surface area contributed by atoms with Crippen LogP contribution in [-0.2, 0) is 0 Å². The molecular weight excluding hydrogens is 294 g/mol. The van der Waals surface area contributed by atoms with Gasteiger partial charge in [0, 0.05) is 32.4 Å². The average Bonchev–Trinajstić information content (AvgIpc) is 3.22. The van der Waals surface area contributed by atoms with Crippen LogP contribution >= 0.6 is 0 Å². The second-order valence-corrected chi connectivity index (χ2v) is 5.82. The van der Waals surface area contributed by atoms with Crippen LogP contribution in [-0.4, -0.2) is 56.2 Å². The Balaban J connectivity index is 1.48. The van der Waals surface area contributed by atoms with E-state index in [1.54, 1.807) is 6.33 Å². The van der Waals surface area contributed by atoms with E-state index in [0.717, 1.165) is 43.0 Å². The van der Waals surface area contributed by atoms with Crippen LogP contribution in [0.5, 0.6) is 0 Å². The minimum absolute atomic E-state index is 0.135. The Bertz CT molecular complexity index is 803. The average molecular weight is 313 g/mol. The fourth-order valence-corrected chi connectivity index (χ4v) is 3.07. The number of piperazine rings is 1. The second-order valence-electron chi connectivity index (χ2n) is 5.82.